The fourth-order valence-electron chi connectivity index (χ4n) is 4.14. The van der Waals surface area contributed by atoms with E-state index < -0.39 is 0 Å². The Kier molecular flexibility index (Phi) is 5.11. The summed E-state index contributed by atoms with van der Waals surface area (Å²) in [6.45, 7) is 0.670. The Labute approximate surface area is 178 Å². The molecule has 2 heterocycles. The predicted molar refractivity (Wildman–Crippen MR) is 115 cm³/mol. The normalized spacial score (nSPS) is 15.9. The van der Waals surface area contributed by atoms with Gasteiger partial charge in [0.05, 0.1) is 18.1 Å². The van der Waals surface area contributed by atoms with Crippen LogP contribution in [0.3, 0.4) is 0 Å². The van der Waals surface area contributed by atoms with Gasteiger partial charge in [-0.05, 0) is 49.1 Å². The highest BCUT2D eigenvalue weighted by atomic mass is 35.5. The molecular weight excluding hydrogens is 401 g/mol. The van der Waals surface area contributed by atoms with Gasteiger partial charge < -0.3 is 5.32 Å². The Hall–Kier alpha value is -2.96. The maximum atomic E-state index is 14.3. The van der Waals surface area contributed by atoms with Crippen molar-refractivity contribution in [3.05, 3.63) is 88.6 Å². The first-order chi connectivity index (χ1) is 14.7. The minimum atomic E-state index is -0.260. The summed E-state index contributed by atoms with van der Waals surface area (Å²) >= 11 is 6.01. The van der Waals surface area contributed by atoms with E-state index in [4.69, 9.17) is 11.6 Å². The van der Waals surface area contributed by atoms with E-state index in [2.05, 4.69) is 20.6 Å². The van der Waals surface area contributed by atoms with Gasteiger partial charge in [-0.2, -0.15) is 10.2 Å². The first kappa shape index (κ1) is 19.0. The van der Waals surface area contributed by atoms with Gasteiger partial charge in [-0.25, -0.2) is 9.07 Å². The van der Waals surface area contributed by atoms with Crippen molar-refractivity contribution in [2.24, 2.45) is 0 Å². The molecule has 0 aliphatic heterocycles. The second-order valence-electron chi connectivity index (χ2n) is 7.51. The molecule has 2 aromatic heterocycles. The molecule has 0 radical (unpaired) electrons. The molecular formula is C23H21ClFN5. The predicted octanol–water partition coefficient (Wildman–Crippen LogP) is 5.22. The molecule has 2 aromatic carbocycles. The fourth-order valence-corrected chi connectivity index (χ4v) is 4.27. The number of halogens is 2. The number of aromatic nitrogens is 4. The van der Waals surface area contributed by atoms with Crippen LogP contribution in [-0.2, 0) is 13.0 Å². The number of benzene rings is 2. The second kappa shape index (κ2) is 8.05. The van der Waals surface area contributed by atoms with Gasteiger partial charge in [-0.15, -0.1) is 0 Å². The van der Waals surface area contributed by atoms with E-state index in [1.807, 2.05) is 42.7 Å². The lowest BCUT2D eigenvalue weighted by atomic mass is 9.92. The average Bonchev–Trinajstić information content (AvgIpc) is 3.40. The van der Waals surface area contributed by atoms with E-state index in [0.717, 1.165) is 47.3 Å². The molecule has 0 unspecified atom stereocenters. The zero-order valence-corrected chi connectivity index (χ0v) is 17.0. The molecule has 1 aliphatic carbocycles. The molecule has 2 N–H and O–H groups in total. The molecule has 1 aliphatic rings. The first-order valence-corrected chi connectivity index (χ1v) is 10.4. The third-order valence-electron chi connectivity index (χ3n) is 5.65. The highest BCUT2D eigenvalue weighted by Crippen LogP contribution is 2.32. The Morgan fingerprint density at radius 1 is 1.13 bits per heavy atom. The molecule has 4 aromatic rings. The third kappa shape index (κ3) is 3.53. The zero-order valence-electron chi connectivity index (χ0n) is 16.3. The molecule has 0 saturated heterocycles. The summed E-state index contributed by atoms with van der Waals surface area (Å²) in [6.07, 6.45) is 6.66. The second-order valence-corrected chi connectivity index (χ2v) is 7.95. The van der Waals surface area contributed by atoms with E-state index in [1.165, 1.54) is 6.07 Å². The van der Waals surface area contributed by atoms with Crippen molar-refractivity contribution in [2.75, 3.05) is 0 Å². The summed E-state index contributed by atoms with van der Waals surface area (Å²) < 4.78 is 16.0. The van der Waals surface area contributed by atoms with Crippen LogP contribution < -0.4 is 5.32 Å². The summed E-state index contributed by atoms with van der Waals surface area (Å²) in [6, 6.07) is 14.7. The standard InChI is InChI=1S/C23H21ClFN5/c24-17-10-8-15(9-11-17)23-16(13-27-29-23)12-26-20-5-3-7-21-18(20)14-28-30(21)22-6-2-1-4-19(22)25/h1-2,4,6,8-11,13-14,20,26H,3,5,7,12H2,(H,27,29)/t20-/m1/s1. The summed E-state index contributed by atoms with van der Waals surface area (Å²) in [7, 11) is 0. The van der Waals surface area contributed by atoms with Crippen molar-refractivity contribution in [2.45, 2.75) is 31.8 Å². The number of nitrogens with one attached hydrogen (secondary N) is 2. The smallest absolute Gasteiger partial charge is 0.148 e. The number of nitrogens with zero attached hydrogens (tertiary/aromatic N) is 3. The molecule has 5 nitrogen and oxygen atoms in total. The van der Waals surface area contributed by atoms with Crippen molar-refractivity contribution < 1.29 is 4.39 Å². The number of hydrogen-bond acceptors (Lipinski definition) is 3. The monoisotopic (exact) mass is 421 g/mol. The van der Waals surface area contributed by atoms with Crippen LogP contribution in [0.2, 0.25) is 5.02 Å². The minimum absolute atomic E-state index is 0.169. The minimum Gasteiger partial charge on any atom is -0.306 e. The van der Waals surface area contributed by atoms with Crippen LogP contribution >= 0.6 is 11.6 Å². The molecule has 152 valence electrons. The van der Waals surface area contributed by atoms with E-state index in [0.29, 0.717) is 17.3 Å². The van der Waals surface area contributed by atoms with Gasteiger partial charge in [0.15, 0.2) is 0 Å². The Morgan fingerprint density at radius 3 is 2.80 bits per heavy atom. The summed E-state index contributed by atoms with van der Waals surface area (Å²) in [5, 5.41) is 16.2. The van der Waals surface area contributed by atoms with Crippen LogP contribution in [0.25, 0.3) is 16.9 Å². The number of rotatable bonds is 5. The SMILES string of the molecule is Fc1ccccc1-n1ncc2c1CCC[C@H]2NCc1cn[nH]c1-c1ccc(Cl)cc1. The topological polar surface area (TPSA) is 58.5 Å². The summed E-state index contributed by atoms with van der Waals surface area (Å²) in [4.78, 5) is 0. The maximum Gasteiger partial charge on any atom is 0.148 e. The van der Waals surface area contributed by atoms with Gasteiger partial charge in [-0.3, -0.25) is 5.10 Å². The Bertz CT molecular complexity index is 1160. The Morgan fingerprint density at radius 2 is 1.97 bits per heavy atom. The van der Waals surface area contributed by atoms with Crippen LogP contribution in [0.15, 0.2) is 60.9 Å². The molecule has 0 bridgehead atoms. The van der Waals surface area contributed by atoms with Crippen molar-refractivity contribution >= 4 is 11.6 Å². The maximum absolute atomic E-state index is 14.3. The molecule has 0 amide bonds. The van der Waals surface area contributed by atoms with E-state index >= 15 is 0 Å². The quantitative estimate of drug-likeness (QED) is 0.464. The summed E-state index contributed by atoms with van der Waals surface area (Å²) in [5.74, 6) is -0.260. The van der Waals surface area contributed by atoms with Gasteiger partial charge in [0, 0.05) is 34.4 Å². The van der Waals surface area contributed by atoms with Gasteiger partial charge in [0.1, 0.15) is 11.5 Å². The number of para-hydroxylation sites is 1. The molecule has 1 atom stereocenters. The fraction of sp³-hybridized carbons (Fsp3) is 0.217. The largest absolute Gasteiger partial charge is 0.306 e. The van der Waals surface area contributed by atoms with Crippen molar-refractivity contribution in [1.29, 1.82) is 0 Å². The lowest BCUT2D eigenvalue weighted by Gasteiger charge is -2.24. The highest BCUT2D eigenvalue weighted by Gasteiger charge is 2.25. The number of aromatic amines is 1. The number of fused-ring (bicyclic) bond motifs is 1. The highest BCUT2D eigenvalue weighted by molar-refractivity contribution is 6.30. The lowest BCUT2D eigenvalue weighted by Crippen LogP contribution is -2.25. The van der Waals surface area contributed by atoms with E-state index in [1.54, 1.807) is 16.8 Å². The number of H-pyrrole nitrogens is 1. The van der Waals surface area contributed by atoms with E-state index in [-0.39, 0.29) is 11.9 Å². The van der Waals surface area contributed by atoms with Gasteiger partial charge in [0.25, 0.3) is 0 Å². The molecule has 30 heavy (non-hydrogen) atoms. The van der Waals surface area contributed by atoms with Crippen LogP contribution in [0.5, 0.6) is 0 Å². The van der Waals surface area contributed by atoms with Crippen molar-refractivity contribution in [1.82, 2.24) is 25.3 Å². The third-order valence-corrected chi connectivity index (χ3v) is 5.91. The lowest BCUT2D eigenvalue weighted by molar-refractivity contribution is 0.454. The molecule has 5 rings (SSSR count). The van der Waals surface area contributed by atoms with Gasteiger partial charge >= 0.3 is 0 Å². The molecule has 0 saturated carbocycles. The van der Waals surface area contributed by atoms with Gasteiger partial charge in [0.2, 0.25) is 0 Å². The Balaban J connectivity index is 1.37. The average molecular weight is 422 g/mol. The molecule has 7 heteroatoms. The van der Waals surface area contributed by atoms with Crippen LogP contribution in [0.1, 0.15) is 35.7 Å². The van der Waals surface area contributed by atoms with Crippen LogP contribution in [-0.4, -0.2) is 20.0 Å². The van der Waals surface area contributed by atoms with Crippen LogP contribution in [0, 0.1) is 5.82 Å². The van der Waals surface area contributed by atoms with Gasteiger partial charge in [-0.1, -0.05) is 35.9 Å². The number of hydrogen-bond donors (Lipinski definition) is 2. The van der Waals surface area contributed by atoms with Crippen molar-refractivity contribution in [3.63, 3.8) is 0 Å². The summed E-state index contributed by atoms with van der Waals surface area (Å²) in [5.41, 5.74) is 5.84. The molecule has 0 fully saturated rings. The van der Waals surface area contributed by atoms with Crippen molar-refractivity contribution in [3.8, 4) is 16.9 Å². The zero-order chi connectivity index (χ0) is 20.5. The first-order valence-electron chi connectivity index (χ1n) is 10.0. The van der Waals surface area contributed by atoms with E-state index in [9.17, 15) is 4.39 Å². The van der Waals surface area contributed by atoms with Crippen LogP contribution in [0.4, 0.5) is 4.39 Å². The molecule has 0 spiro atoms.